The van der Waals surface area contributed by atoms with E-state index in [1.54, 1.807) is 0 Å². The van der Waals surface area contributed by atoms with E-state index in [2.05, 4.69) is 53.3 Å². The molecule has 0 aromatic carbocycles. The highest BCUT2D eigenvalue weighted by molar-refractivity contribution is 6.22. The Bertz CT molecular complexity index is 534. The van der Waals surface area contributed by atoms with Crippen LogP contribution in [0.2, 0.25) is 0 Å². The SMILES string of the molecule is C=C(NCCNNC1CCN(C(=C)C)CC1)[C@H](N)CC1=CCC(Cl)C=C1. The number of hydrogen-bond acceptors (Lipinski definition) is 5. The van der Waals surface area contributed by atoms with Crippen molar-refractivity contribution in [1.82, 2.24) is 21.1 Å². The van der Waals surface area contributed by atoms with Gasteiger partial charge in [0.2, 0.25) is 0 Å². The zero-order chi connectivity index (χ0) is 18.9. The highest BCUT2D eigenvalue weighted by Crippen LogP contribution is 2.19. The number of allylic oxidation sites excluding steroid dienone is 4. The van der Waals surface area contributed by atoms with Gasteiger partial charge in [0.15, 0.2) is 0 Å². The van der Waals surface area contributed by atoms with Crippen molar-refractivity contribution >= 4 is 11.6 Å². The fourth-order valence-corrected chi connectivity index (χ4v) is 3.37. The van der Waals surface area contributed by atoms with E-state index in [1.807, 2.05) is 6.08 Å². The van der Waals surface area contributed by atoms with Crippen LogP contribution in [0.3, 0.4) is 0 Å². The molecule has 1 aliphatic heterocycles. The molecule has 2 atom stereocenters. The number of halogens is 1. The third-order valence-corrected chi connectivity index (χ3v) is 5.29. The van der Waals surface area contributed by atoms with Crippen LogP contribution in [0.4, 0.5) is 0 Å². The highest BCUT2D eigenvalue weighted by Gasteiger charge is 2.18. The molecule has 1 fully saturated rings. The molecule has 5 nitrogen and oxygen atoms in total. The second-order valence-corrected chi connectivity index (χ2v) is 7.78. The van der Waals surface area contributed by atoms with E-state index in [4.69, 9.17) is 17.3 Å². The molecule has 2 aliphatic rings. The minimum absolute atomic E-state index is 0.0859. The summed E-state index contributed by atoms with van der Waals surface area (Å²) in [4.78, 5) is 2.34. The largest absolute Gasteiger partial charge is 0.386 e. The number of nitrogens with zero attached hydrogens (tertiary/aromatic N) is 1. The van der Waals surface area contributed by atoms with Crippen LogP contribution in [0.25, 0.3) is 0 Å². The summed E-state index contributed by atoms with van der Waals surface area (Å²) in [5.41, 5.74) is 16.2. The van der Waals surface area contributed by atoms with E-state index in [-0.39, 0.29) is 11.4 Å². The van der Waals surface area contributed by atoms with Gasteiger partial charge in [-0.25, -0.2) is 0 Å². The summed E-state index contributed by atoms with van der Waals surface area (Å²) in [5, 5.41) is 3.44. The van der Waals surface area contributed by atoms with Gasteiger partial charge in [0.05, 0.1) is 5.38 Å². The molecule has 5 N–H and O–H groups in total. The van der Waals surface area contributed by atoms with Gasteiger partial charge in [-0.15, -0.1) is 11.6 Å². The molecule has 0 spiro atoms. The first kappa shape index (κ1) is 21.0. The Balaban J connectivity index is 1.53. The minimum atomic E-state index is -0.0859. The predicted octanol–water partition coefficient (Wildman–Crippen LogP) is 2.39. The molecule has 0 aromatic heterocycles. The molecular formula is C20H34ClN5. The molecular weight excluding hydrogens is 346 g/mol. The summed E-state index contributed by atoms with van der Waals surface area (Å²) in [6, 6.07) is 0.434. The predicted molar refractivity (Wildman–Crippen MR) is 112 cm³/mol. The maximum atomic E-state index is 6.23. The molecule has 0 aromatic rings. The van der Waals surface area contributed by atoms with Gasteiger partial charge in [-0.1, -0.05) is 37.0 Å². The fourth-order valence-electron chi connectivity index (χ4n) is 3.21. The number of hydrazine groups is 1. The fraction of sp³-hybridized carbons (Fsp3) is 0.600. The lowest BCUT2D eigenvalue weighted by Crippen LogP contribution is -2.48. The second kappa shape index (κ2) is 10.8. The molecule has 0 radical (unpaired) electrons. The van der Waals surface area contributed by atoms with Crippen LogP contribution in [-0.2, 0) is 0 Å². The minimum Gasteiger partial charge on any atom is -0.386 e. The Labute approximate surface area is 163 Å². The smallest absolute Gasteiger partial charge is 0.0553 e. The van der Waals surface area contributed by atoms with Crippen LogP contribution in [0.15, 0.2) is 48.4 Å². The maximum absolute atomic E-state index is 6.23. The summed E-state index contributed by atoms with van der Waals surface area (Å²) in [7, 11) is 0. The maximum Gasteiger partial charge on any atom is 0.0553 e. The summed E-state index contributed by atoms with van der Waals surface area (Å²) in [6.07, 6.45) is 10.2. The number of nitrogens with one attached hydrogen (secondary N) is 3. The van der Waals surface area contributed by atoms with Crippen molar-refractivity contribution in [3.05, 3.63) is 48.4 Å². The molecule has 6 heteroatoms. The van der Waals surface area contributed by atoms with Gasteiger partial charge in [0, 0.05) is 49.7 Å². The van der Waals surface area contributed by atoms with E-state index in [9.17, 15) is 0 Å². The first-order valence-corrected chi connectivity index (χ1v) is 9.97. The van der Waals surface area contributed by atoms with Gasteiger partial charge in [-0.3, -0.25) is 10.9 Å². The number of rotatable bonds is 10. The van der Waals surface area contributed by atoms with Crippen molar-refractivity contribution in [3.8, 4) is 0 Å². The van der Waals surface area contributed by atoms with Gasteiger partial charge >= 0.3 is 0 Å². The first-order chi connectivity index (χ1) is 12.5. The molecule has 146 valence electrons. The van der Waals surface area contributed by atoms with Gasteiger partial charge in [-0.2, -0.15) is 0 Å². The van der Waals surface area contributed by atoms with E-state index < -0.39 is 0 Å². The Hall–Kier alpha value is -1.27. The zero-order valence-corrected chi connectivity index (χ0v) is 16.7. The average Bonchev–Trinajstić information content (AvgIpc) is 2.63. The van der Waals surface area contributed by atoms with Gasteiger partial charge in [-0.05, 0) is 32.6 Å². The number of hydrogen-bond donors (Lipinski definition) is 4. The number of nitrogens with two attached hydrogens (primary N) is 1. The zero-order valence-electron chi connectivity index (χ0n) is 15.9. The molecule has 1 aliphatic carbocycles. The Morgan fingerprint density at radius 3 is 2.69 bits per heavy atom. The van der Waals surface area contributed by atoms with Crippen LogP contribution in [0.5, 0.6) is 0 Å². The molecule has 1 heterocycles. The quantitative estimate of drug-likeness (QED) is 0.267. The molecule has 0 amide bonds. The molecule has 2 rings (SSSR count). The highest BCUT2D eigenvalue weighted by atomic mass is 35.5. The Kier molecular flexibility index (Phi) is 8.72. The van der Waals surface area contributed by atoms with Crippen LogP contribution in [0.1, 0.15) is 32.6 Å². The normalized spacial score (nSPS) is 22.0. The summed E-state index contributed by atoms with van der Waals surface area (Å²) < 4.78 is 0. The Morgan fingerprint density at radius 1 is 1.35 bits per heavy atom. The first-order valence-electron chi connectivity index (χ1n) is 9.54. The second-order valence-electron chi connectivity index (χ2n) is 7.22. The van der Waals surface area contributed by atoms with E-state index >= 15 is 0 Å². The number of alkyl halides is 1. The van der Waals surface area contributed by atoms with Crippen LogP contribution < -0.4 is 21.9 Å². The molecule has 0 bridgehead atoms. The van der Waals surface area contributed by atoms with Crippen LogP contribution in [-0.4, -0.2) is 48.5 Å². The number of likely N-dealkylation sites (tertiary alicyclic amines) is 1. The Morgan fingerprint density at radius 2 is 2.08 bits per heavy atom. The molecule has 1 saturated heterocycles. The lowest BCUT2D eigenvalue weighted by atomic mass is 9.99. The molecule has 0 saturated carbocycles. The van der Waals surface area contributed by atoms with Crippen molar-refractivity contribution in [3.63, 3.8) is 0 Å². The summed E-state index contributed by atoms with van der Waals surface area (Å²) in [5.74, 6) is 0. The third-order valence-electron chi connectivity index (χ3n) is 4.97. The topological polar surface area (TPSA) is 65.3 Å². The van der Waals surface area contributed by atoms with Crippen molar-refractivity contribution < 1.29 is 0 Å². The molecule has 26 heavy (non-hydrogen) atoms. The van der Waals surface area contributed by atoms with Crippen molar-refractivity contribution in [2.45, 2.75) is 50.1 Å². The van der Waals surface area contributed by atoms with Crippen molar-refractivity contribution in [1.29, 1.82) is 0 Å². The van der Waals surface area contributed by atoms with Crippen molar-refractivity contribution in [2.75, 3.05) is 26.2 Å². The summed E-state index contributed by atoms with van der Waals surface area (Å²) >= 11 is 6.04. The van der Waals surface area contributed by atoms with Crippen molar-refractivity contribution in [2.24, 2.45) is 5.73 Å². The standard InChI is InChI=1S/C20H34ClN5/c1-15(2)26-12-8-19(9-13-26)25-24-11-10-23-16(3)20(22)14-17-4-6-18(21)7-5-17/h4-6,18-20,23-25H,1,3,7-14,22H2,2H3/t18?,20-/m1/s1. The van der Waals surface area contributed by atoms with Gasteiger partial charge in [0.1, 0.15) is 0 Å². The van der Waals surface area contributed by atoms with Crippen LogP contribution >= 0.6 is 11.6 Å². The average molecular weight is 380 g/mol. The van der Waals surface area contributed by atoms with E-state index in [0.29, 0.717) is 6.04 Å². The summed E-state index contributed by atoms with van der Waals surface area (Å²) in [6.45, 7) is 13.9. The van der Waals surface area contributed by atoms with Gasteiger partial charge < -0.3 is 16.0 Å². The van der Waals surface area contributed by atoms with Gasteiger partial charge in [0.25, 0.3) is 0 Å². The lowest BCUT2D eigenvalue weighted by Gasteiger charge is -2.34. The molecule has 1 unspecified atom stereocenters. The van der Waals surface area contributed by atoms with E-state index in [1.165, 1.54) is 5.57 Å². The monoisotopic (exact) mass is 379 g/mol. The van der Waals surface area contributed by atoms with E-state index in [0.717, 1.165) is 63.3 Å². The lowest BCUT2D eigenvalue weighted by molar-refractivity contribution is 0.230. The third kappa shape index (κ3) is 7.16. The van der Waals surface area contributed by atoms with Crippen LogP contribution in [0, 0.1) is 0 Å². The number of piperidine rings is 1.